The van der Waals surface area contributed by atoms with Crippen molar-refractivity contribution >= 4 is 11.6 Å². The van der Waals surface area contributed by atoms with Crippen molar-refractivity contribution in [3.8, 4) is 40.1 Å². The number of hydrogen-bond donors (Lipinski definition) is 1. The largest absolute Gasteiger partial charge is 0.496 e. The summed E-state index contributed by atoms with van der Waals surface area (Å²) in [7, 11) is 3.12. The zero-order chi connectivity index (χ0) is 22.3. The van der Waals surface area contributed by atoms with Gasteiger partial charge in [-0.25, -0.2) is 0 Å². The van der Waals surface area contributed by atoms with Gasteiger partial charge in [-0.3, -0.25) is 4.79 Å². The van der Waals surface area contributed by atoms with Crippen molar-refractivity contribution in [2.75, 3.05) is 26.1 Å². The third-order valence-electron chi connectivity index (χ3n) is 4.63. The molecule has 1 aromatic heterocycles. The van der Waals surface area contributed by atoms with Crippen molar-refractivity contribution in [1.82, 2.24) is 10.1 Å². The number of nitrogens with zero attached hydrogens (tertiary/aromatic N) is 2. The summed E-state index contributed by atoms with van der Waals surface area (Å²) in [5.74, 6) is 1.98. The summed E-state index contributed by atoms with van der Waals surface area (Å²) in [5, 5.41) is 6.85. The van der Waals surface area contributed by atoms with Crippen molar-refractivity contribution in [2.24, 2.45) is 0 Å². The highest BCUT2D eigenvalue weighted by Gasteiger charge is 2.17. The average Bonchev–Trinajstić information content (AvgIpc) is 3.33. The number of aromatic nitrogens is 2. The van der Waals surface area contributed by atoms with Gasteiger partial charge in [0.05, 0.1) is 31.0 Å². The van der Waals surface area contributed by atoms with Gasteiger partial charge < -0.3 is 24.1 Å². The molecule has 0 unspecified atom stereocenters. The van der Waals surface area contributed by atoms with E-state index >= 15 is 0 Å². The first kappa shape index (κ1) is 20.9. The molecule has 1 heterocycles. The van der Waals surface area contributed by atoms with E-state index in [1.54, 1.807) is 44.6 Å². The minimum atomic E-state index is -0.327. The Hall–Kier alpha value is -4.33. The van der Waals surface area contributed by atoms with Crippen LogP contribution in [-0.4, -0.2) is 36.9 Å². The maximum Gasteiger partial charge on any atom is 0.262 e. The number of rotatable bonds is 8. The first-order valence-electron chi connectivity index (χ1n) is 9.81. The lowest BCUT2D eigenvalue weighted by Gasteiger charge is -2.11. The number of carbonyl (C=O) groups is 1. The van der Waals surface area contributed by atoms with Crippen LogP contribution in [0.5, 0.6) is 17.2 Å². The van der Waals surface area contributed by atoms with Crippen LogP contribution in [0, 0.1) is 0 Å². The van der Waals surface area contributed by atoms with E-state index in [0.29, 0.717) is 45.8 Å². The van der Waals surface area contributed by atoms with Gasteiger partial charge in [0, 0.05) is 0 Å². The highest BCUT2D eigenvalue weighted by Crippen LogP contribution is 2.32. The molecular formula is C24H21N3O5. The van der Waals surface area contributed by atoms with Crippen molar-refractivity contribution in [3.63, 3.8) is 0 Å². The molecule has 4 rings (SSSR count). The van der Waals surface area contributed by atoms with Crippen molar-refractivity contribution in [1.29, 1.82) is 0 Å². The molecule has 8 heteroatoms. The summed E-state index contributed by atoms with van der Waals surface area (Å²) >= 11 is 0. The molecular weight excluding hydrogens is 410 g/mol. The van der Waals surface area contributed by atoms with E-state index in [1.807, 2.05) is 42.5 Å². The van der Waals surface area contributed by atoms with Gasteiger partial charge in [-0.15, -0.1) is 0 Å². The van der Waals surface area contributed by atoms with Crippen molar-refractivity contribution in [2.45, 2.75) is 0 Å². The quantitative estimate of drug-likeness (QED) is 0.441. The fraction of sp³-hybridized carbons (Fsp3) is 0.125. The Bertz CT molecular complexity index is 1220. The highest BCUT2D eigenvalue weighted by molar-refractivity contribution is 5.93. The molecule has 4 aromatic rings. The molecule has 0 saturated heterocycles. The normalized spacial score (nSPS) is 10.4. The second kappa shape index (κ2) is 9.65. The zero-order valence-electron chi connectivity index (χ0n) is 17.6. The Morgan fingerprint density at radius 3 is 2.22 bits per heavy atom. The topological polar surface area (TPSA) is 95.7 Å². The summed E-state index contributed by atoms with van der Waals surface area (Å²) in [6.45, 7) is -0.202. The number of nitrogens with one attached hydrogen (secondary N) is 1. The summed E-state index contributed by atoms with van der Waals surface area (Å²) in [4.78, 5) is 16.9. The molecule has 0 aliphatic heterocycles. The van der Waals surface area contributed by atoms with Crippen molar-refractivity contribution < 1.29 is 23.5 Å². The van der Waals surface area contributed by atoms with Crippen LogP contribution in [0.1, 0.15) is 0 Å². The molecule has 32 heavy (non-hydrogen) atoms. The fourth-order valence-corrected chi connectivity index (χ4v) is 3.12. The van der Waals surface area contributed by atoms with E-state index in [2.05, 4.69) is 15.5 Å². The summed E-state index contributed by atoms with van der Waals surface area (Å²) in [6, 6.07) is 21.7. The van der Waals surface area contributed by atoms with E-state index in [-0.39, 0.29) is 12.5 Å². The van der Waals surface area contributed by atoms with Gasteiger partial charge in [0.15, 0.2) is 6.61 Å². The number of carbonyl (C=O) groups excluding carboxylic acids is 1. The van der Waals surface area contributed by atoms with Gasteiger partial charge >= 0.3 is 0 Å². The zero-order valence-corrected chi connectivity index (χ0v) is 17.6. The summed E-state index contributed by atoms with van der Waals surface area (Å²) < 4.78 is 21.8. The first-order valence-corrected chi connectivity index (χ1v) is 9.81. The number of anilines is 1. The second-order valence-corrected chi connectivity index (χ2v) is 6.66. The maximum atomic E-state index is 12.4. The van der Waals surface area contributed by atoms with Crippen LogP contribution in [-0.2, 0) is 4.79 Å². The SMILES string of the molecule is COc1ccccc1NC(=O)COc1ccccc1-c1noc(-c2ccccc2OC)n1. The number of amides is 1. The van der Waals surface area contributed by atoms with Gasteiger partial charge in [-0.2, -0.15) is 4.98 Å². The number of methoxy groups -OCH3 is 2. The average molecular weight is 431 g/mol. The van der Waals surface area contributed by atoms with Crippen LogP contribution in [0.4, 0.5) is 5.69 Å². The molecule has 0 aliphatic rings. The monoisotopic (exact) mass is 431 g/mol. The molecule has 0 bridgehead atoms. The second-order valence-electron chi connectivity index (χ2n) is 6.66. The van der Waals surface area contributed by atoms with Gasteiger partial charge in [0.1, 0.15) is 17.2 Å². The van der Waals surface area contributed by atoms with Crippen LogP contribution in [0.3, 0.4) is 0 Å². The van der Waals surface area contributed by atoms with Crippen LogP contribution in [0.15, 0.2) is 77.3 Å². The molecule has 0 fully saturated rings. The predicted molar refractivity (Wildman–Crippen MR) is 119 cm³/mol. The van der Waals surface area contributed by atoms with Crippen molar-refractivity contribution in [3.05, 3.63) is 72.8 Å². The van der Waals surface area contributed by atoms with Crippen LogP contribution in [0.25, 0.3) is 22.8 Å². The van der Waals surface area contributed by atoms with Crippen LogP contribution in [0.2, 0.25) is 0 Å². The molecule has 0 spiro atoms. The van der Waals surface area contributed by atoms with Gasteiger partial charge in [0.25, 0.3) is 11.8 Å². The summed E-state index contributed by atoms with van der Waals surface area (Å²) in [6.07, 6.45) is 0. The first-order chi connectivity index (χ1) is 15.7. The predicted octanol–water partition coefficient (Wildman–Crippen LogP) is 4.44. The number of para-hydroxylation sites is 4. The molecule has 3 aromatic carbocycles. The van der Waals surface area contributed by atoms with Crippen LogP contribution >= 0.6 is 0 Å². The Morgan fingerprint density at radius 1 is 0.844 bits per heavy atom. The third-order valence-corrected chi connectivity index (χ3v) is 4.63. The van der Waals surface area contributed by atoms with Gasteiger partial charge in [0.2, 0.25) is 5.82 Å². The smallest absolute Gasteiger partial charge is 0.262 e. The van der Waals surface area contributed by atoms with E-state index in [4.69, 9.17) is 18.7 Å². The molecule has 0 aliphatic carbocycles. The molecule has 1 amide bonds. The fourth-order valence-electron chi connectivity index (χ4n) is 3.12. The lowest BCUT2D eigenvalue weighted by atomic mass is 10.2. The molecule has 0 saturated carbocycles. The Kier molecular flexibility index (Phi) is 6.31. The van der Waals surface area contributed by atoms with E-state index in [0.717, 1.165) is 0 Å². The molecule has 8 nitrogen and oxygen atoms in total. The minimum absolute atomic E-state index is 0.202. The number of hydrogen-bond acceptors (Lipinski definition) is 7. The Balaban J connectivity index is 1.50. The molecule has 0 atom stereocenters. The Morgan fingerprint density at radius 2 is 1.47 bits per heavy atom. The Labute approximate surface area is 184 Å². The lowest BCUT2D eigenvalue weighted by molar-refractivity contribution is -0.118. The van der Waals surface area contributed by atoms with E-state index in [1.165, 1.54) is 0 Å². The van der Waals surface area contributed by atoms with E-state index in [9.17, 15) is 4.79 Å². The molecule has 1 N–H and O–H groups in total. The third kappa shape index (κ3) is 4.54. The van der Waals surface area contributed by atoms with Gasteiger partial charge in [-0.05, 0) is 36.4 Å². The number of ether oxygens (including phenoxy) is 3. The van der Waals surface area contributed by atoms with E-state index < -0.39 is 0 Å². The molecule has 0 radical (unpaired) electrons. The lowest BCUT2D eigenvalue weighted by Crippen LogP contribution is -2.20. The maximum absolute atomic E-state index is 12.4. The molecule has 162 valence electrons. The minimum Gasteiger partial charge on any atom is -0.496 e. The standard InChI is InChI=1S/C24H21N3O5/c1-29-19-12-6-4-10-17(19)24-26-23(27-32-24)16-9-3-7-13-20(16)31-15-22(28)25-18-11-5-8-14-21(18)30-2/h3-14H,15H2,1-2H3,(H,25,28). The van der Waals surface area contributed by atoms with Gasteiger partial charge in [-0.1, -0.05) is 41.6 Å². The van der Waals surface area contributed by atoms with Crippen LogP contribution < -0.4 is 19.5 Å². The number of benzene rings is 3. The summed E-state index contributed by atoms with van der Waals surface area (Å²) in [5.41, 5.74) is 1.85. The highest BCUT2D eigenvalue weighted by atomic mass is 16.5.